The van der Waals surface area contributed by atoms with Crippen molar-refractivity contribution in [3.05, 3.63) is 42.4 Å². The fourth-order valence-electron chi connectivity index (χ4n) is 2.40. The minimum atomic E-state index is 0.509. The van der Waals surface area contributed by atoms with E-state index in [1.807, 2.05) is 16.8 Å². The Kier molecular flexibility index (Phi) is 3.20. The number of aromatic amines is 1. The second kappa shape index (κ2) is 5.02. The molecular weight excluding hydrogens is 250 g/mol. The maximum absolute atomic E-state index is 5.87. The van der Waals surface area contributed by atoms with Gasteiger partial charge in [0.25, 0.3) is 0 Å². The molecular formula is C15H19N5. The number of rotatable bonds is 4. The maximum atomic E-state index is 5.87. The zero-order valence-corrected chi connectivity index (χ0v) is 11.8. The van der Waals surface area contributed by atoms with E-state index in [0.29, 0.717) is 5.95 Å². The number of likely N-dealkylation sites (N-methyl/N-ethyl adjacent to an activating group) is 1. The Morgan fingerprint density at radius 1 is 1.35 bits per heavy atom. The molecule has 0 fully saturated rings. The van der Waals surface area contributed by atoms with E-state index in [4.69, 9.17) is 5.73 Å². The summed E-state index contributed by atoms with van der Waals surface area (Å²) in [7, 11) is 4.18. The third-order valence-corrected chi connectivity index (χ3v) is 3.53. The van der Waals surface area contributed by atoms with Gasteiger partial charge in [-0.2, -0.15) is 0 Å². The zero-order valence-electron chi connectivity index (χ0n) is 11.8. The predicted octanol–water partition coefficient (Wildman–Crippen LogP) is 2.04. The number of hydrogen-bond donors (Lipinski definition) is 2. The van der Waals surface area contributed by atoms with Crippen molar-refractivity contribution in [2.75, 3.05) is 26.4 Å². The second-order valence-electron chi connectivity index (χ2n) is 5.25. The van der Waals surface area contributed by atoms with Gasteiger partial charge in [-0.15, -0.1) is 0 Å². The highest BCUT2D eigenvalue weighted by Gasteiger charge is 2.07. The van der Waals surface area contributed by atoms with Crippen molar-refractivity contribution >= 4 is 16.9 Å². The van der Waals surface area contributed by atoms with Crippen molar-refractivity contribution in [3.8, 4) is 5.69 Å². The lowest BCUT2D eigenvalue weighted by Gasteiger charge is -2.09. The summed E-state index contributed by atoms with van der Waals surface area (Å²) in [6, 6.07) is 6.30. The van der Waals surface area contributed by atoms with Crippen molar-refractivity contribution in [1.82, 2.24) is 19.4 Å². The summed E-state index contributed by atoms with van der Waals surface area (Å²) in [5.41, 5.74) is 9.39. The summed E-state index contributed by atoms with van der Waals surface area (Å²) in [6.07, 6.45) is 6.71. The Balaban J connectivity index is 2.01. The molecule has 3 aromatic rings. The number of nitrogen functional groups attached to an aromatic ring is 1. The monoisotopic (exact) mass is 269 g/mol. The minimum absolute atomic E-state index is 0.509. The van der Waals surface area contributed by atoms with Crippen LogP contribution in [-0.4, -0.2) is 40.1 Å². The van der Waals surface area contributed by atoms with Crippen LogP contribution >= 0.6 is 0 Å². The van der Waals surface area contributed by atoms with Crippen LogP contribution in [0.25, 0.3) is 16.6 Å². The van der Waals surface area contributed by atoms with Crippen molar-refractivity contribution in [3.63, 3.8) is 0 Å². The first kappa shape index (κ1) is 12.7. The van der Waals surface area contributed by atoms with Gasteiger partial charge in [0.15, 0.2) is 0 Å². The molecule has 0 spiro atoms. The normalized spacial score (nSPS) is 11.6. The fraction of sp³-hybridized carbons (Fsp3) is 0.267. The SMILES string of the molecule is CN(C)CCc1c[nH]c2ccc(-n3ccnc3N)cc12. The Bertz CT molecular complexity index is 723. The molecule has 1 aromatic carbocycles. The standard InChI is InChI=1S/C15H19N5/c1-19(2)7-5-11-10-18-14-4-3-12(9-13(11)14)20-8-6-17-15(20)16/h3-4,6,8-10,18H,5,7H2,1-2H3,(H2,16,17). The van der Waals surface area contributed by atoms with Crippen LogP contribution in [0.4, 0.5) is 5.95 Å². The van der Waals surface area contributed by atoms with Crippen LogP contribution in [0.1, 0.15) is 5.56 Å². The van der Waals surface area contributed by atoms with E-state index in [1.165, 1.54) is 10.9 Å². The lowest BCUT2D eigenvalue weighted by Crippen LogP contribution is -2.14. The van der Waals surface area contributed by atoms with Crippen molar-refractivity contribution < 1.29 is 0 Å². The number of anilines is 1. The van der Waals surface area contributed by atoms with Gasteiger partial charge in [0.05, 0.1) is 0 Å². The number of aromatic nitrogens is 3. The first-order valence-electron chi connectivity index (χ1n) is 6.69. The number of imidazole rings is 1. The summed E-state index contributed by atoms with van der Waals surface area (Å²) in [6.45, 7) is 1.03. The van der Waals surface area contributed by atoms with Crippen LogP contribution < -0.4 is 5.73 Å². The molecule has 0 atom stereocenters. The number of benzene rings is 1. The molecule has 0 unspecified atom stereocenters. The molecule has 3 rings (SSSR count). The van der Waals surface area contributed by atoms with Gasteiger partial charge in [-0.3, -0.25) is 4.57 Å². The Hall–Kier alpha value is -2.27. The number of fused-ring (bicyclic) bond motifs is 1. The average molecular weight is 269 g/mol. The number of nitrogens with one attached hydrogen (secondary N) is 1. The lowest BCUT2D eigenvalue weighted by molar-refractivity contribution is 0.414. The number of hydrogen-bond acceptors (Lipinski definition) is 3. The third-order valence-electron chi connectivity index (χ3n) is 3.53. The minimum Gasteiger partial charge on any atom is -0.369 e. The number of H-pyrrole nitrogens is 1. The van der Waals surface area contributed by atoms with Crippen molar-refractivity contribution in [1.29, 1.82) is 0 Å². The molecule has 0 aliphatic carbocycles. The molecule has 5 heteroatoms. The highest BCUT2D eigenvalue weighted by atomic mass is 15.1. The molecule has 2 heterocycles. The highest BCUT2D eigenvalue weighted by Crippen LogP contribution is 2.23. The largest absolute Gasteiger partial charge is 0.369 e. The molecule has 3 N–H and O–H groups in total. The molecule has 2 aromatic heterocycles. The fourth-order valence-corrected chi connectivity index (χ4v) is 2.40. The molecule has 20 heavy (non-hydrogen) atoms. The van der Waals surface area contributed by atoms with Gasteiger partial charge in [0.1, 0.15) is 0 Å². The molecule has 0 aliphatic heterocycles. The molecule has 0 amide bonds. The Morgan fingerprint density at radius 2 is 2.20 bits per heavy atom. The van der Waals surface area contributed by atoms with Gasteiger partial charge in [-0.25, -0.2) is 4.98 Å². The van der Waals surface area contributed by atoms with E-state index in [1.54, 1.807) is 6.20 Å². The zero-order chi connectivity index (χ0) is 14.1. The van der Waals surface area contributed by atoms with E-state index in [9.17, 15) is 0 Å². The van der Waals surface area contributed by atoms with Crippen LogP contribution in [0.2, 0.25) is 0 Å². The first-order chi connectivity index (χ1) is 9.65. The molecule has 0 aliphatic rings. The van der Waals surface area contributed by atoms with Gasteiger partial charge >= 0.3 is 0 Å². The molecule has 0 bridgehead atoms. The smallest absolute Gasteiger partial charge is 0.204 e. The second-order valence-corrected chi connectivity index (χ2v) is 5.25. The van der Waals surface area contributed by atoms with Crippen LogP contribution in [0.5, 0.6) is 0 Å². The molecule has 104 valence electrons. The van der Waals surface area contributed by atoms with Gasteiger partial charge in [-0.05, 0) is 44.3 Å². The number of nitrogens with two attached hydrogens (primary N) is 1. The highest BCUT2D eigenvalue weighted by molar-refractivity contribution is 5.85. The van der Waals surface area contributed by atoms with Crippen LogP contribution in [-0.2, 0) is 6.42 Å². The quantitative estimate of drug-likeness (QED) is 0.762. The van der Waals surface area contributed by atoms with Gasteiger partial charge < -0.3 is 15.6 Å². The van der Waals surface area contributed by atoms with Crippen LogP contribution in [0.3, 0.4) is 0 Å². The van der Waals surface area contributed by atoms with E-state index in [2.05, 4.69) is 47.3 Å². The summed E-state index contributed by atoms with van der Waals surface area (Å²) in [5, 5.41) is 1.25. The average Bonchev–Trinajstić information content (AvgIpc) is 3.01. The van der Waals surface area contributed by atoms with E-state index >= 15 is 0 Å². The van der Waals surface area contributed by atoms with Gasteiger partial charge in [0.2, 0.25) is 5.95 Å². The van der Waals surface area contributed by atoms with Crippen LogP contribution in [0.15, 0.2) is 36.8 Å². The molecule has 0 radical (unpaired) electrons. The summed E-state index contributed by atoms with van der Waals surface area (Å²) in [5.74, 6) is 0.509. The maximum Gasteiger partial charge on any atom is 0.204 e. The summed E-state index contributed by atoms with van der Waals surface area (Å²) >= 11 is 0. The third kappa shape index (κ3) is 2.28. The van der Waals surface area contributed by atoms with Gasteiger partial charge in [0, 0.05) is 41.7 Å². The topological polar surface area (TPSA) is 62.9 Å². The van der Waals surface area contributed by atoms with E-state index < -0.39 is 0 Å². The van der Waals surface area contributed by atoms with Gasteiger partial charge in [-0.1, -0.05) is 0 Å². The first-order valence-corrected chi connectivity index (χ1v) is 6.69. The molecule has 0 saturated heterocycles. The van der Waals surface area contributed by atoms with E-state index in [0.717, 1.165) is 24.2 Å². The Labute approximate surface area is 118 Å². The van der Waals surface area contributed by atoms with E-state index in [-0.39, 0.29) is 0 Å². The molecule has 0 saturated carbocycles. The lowest BCUT2D eigenvalue weighted by atomic mass is 10.1. The van der Waals surface area contributed by atoms with Crippen molar-refractivity contribution in [2.45, 2.75) is 6.42 Å². The van der Waals surface area contributed by atoms with Crippen molar-refractivity contribution in [2.24, 2.45) is 0 Å². The summed E-state index contributed by atoms with van der Waals surface area (Å²) in [4.78, 5) is 9.58. The molecule has 5 nitrogen and oxygen atoms in total. The Morgan fingerprint density at radius 3 is 2.90 bits per heavy atom. The predicted molar refractivity (Wildman–Crippen MR) is 82.1 cm³/mol. The van der Waals surface area contributed by atoms with Crippen LogP contribution in [0, 0.1) is 0 Å². The summed E-state index contributed by atoms with van der Waals surface area (Å²) < 4.78 is 1.89. The number of nitrogens with zero attached hydrogens (tertiary/aromatic N) is 3.